The van der Waals surface area contributed by atoms with Crippen molar-refractivity contribution in [1.29, 1.82) is 0 Å². The fraction of sp³-hybridized carbons (Fsp3) is 0.742. The molecule has 5 nitrogen and oxygen atoms in total. The summed E-state index contributed by atoms with van der Waals surface area (Å²) in [6, 6.07) is 5.25. The minimum atomic E-state index is -0.308. The highest BCUT2D eigenvalue weighted by atomic mass is 16.6. The maximum Gasteiger partial charge on any atom is 0.311 e. The van der Waals surface area contributed by atoms with E-state index in [2.05, 4.69) is 20.8 Å². The highest BCUT2D eigenvalue weighted by Crippen LogP contribution is 2.38. The molecule has 0 saturated heterocycles. The van der Waals surface area contributed by atoms with Crippen molar-refractivity contribution < 1.29 is 23.8 Å². The van der Waals surface area contributed by atoms with Gasteiger partial charge in [-0.15, -0.1) is 0 Å². The van der Waals surface area contributed by atoms with Crippen LogP contribution in [0.15, 0.2) is 18.2 Å². The Hall–Kier alpha value is -2.04. The van der Waals surface area contributed by atoms with E-state index in [0.717, 1.165) is 51.4 Å². The number of benzene rings is 1. The van der Waals surface area contributed by atoms with Gasteiger partial charge in [0.1, 0.15) is 0 Å². The molecule has 0 fully saturated rings. The predicted molar refractivity (Wildman–Crippen MR) is 148 cm³/mol. The number of unbranched alkanes of at least 4 members (excludes halogenated alkanes) is 14. The normalized spacial score (nSPS) is 10.9. The fourth-order valence-electron chi connectivity index (χ4n) is 4.12. The first-order chi connectivity index (χ1) is 17.6. The van der Waals surface area contributed by atoms with E-state index >= 15 is 0 Å². The van der Waals surface area contributed by atoms with Gasteiger partial charge in [0.2, 0.25) is 5.75 Å². The zero-order valence-corrected chi connectivity index (χ0v) is 23.4. The molecule has 0 aromatic heterocycles. The van der Waals surface area contributed by atoms with Gasteiger partial charge in [-0.1, -0.05) is 117 Å². The standard InChI is InChI=1S/C31H52O5/c1-4-7-10-13-15-18-24-29(32)35-28-23-21-22-27(34-26-20-17-12-9-6-3)31(28)36-30(33)25-19-16-14-11-8-5-2/h21-23H,4-20,24-26H2,1-3H3. The number of esters is 2. The van der Waals surface area contributed by atoms with E-state index in [1.807, 2.05) is 0 Å². The summed E-state index contributed by atoms with van der Waals surface area (Å²) in [5.41, 5.74) is 0. The Balaban J connectivity index is 2.69. The number of hydrogen-bond donors (Lipinski definition) is 0. The van der Waals surface area contributed by atoms with Crippen molar-refractivity contribution in [3.8, 4) is 17.2 Å². The van der Waals surface area contributed by atoms with Crippen molar-refractivity contribution >= 4 is 11.9 Å². The van der Waals surface area contributed by atoms with Gasteiger partial charge in [-0.25, -0.2) is 0 Å². The lowest BCUT2D eigenvalue weighted by Gasteiger charge is -2.15. The first-order valence-corrected chi connectivity index (χ1v) is 14.8. The minimum Gasteiger partial charge on any atom is -0.490 e. The van der Waals surface area contributed by atoms with Crippen molar-refractivity contribution in [2.24, 2.45) is 0 Å². The van der Waals surface area contributed by atoms with E-state index < -0.39 is 0 Å². The van der Waals surface area contributed by atoms with Crippen LogP contribution in [0.5, 0.6) is 17.2 Å². The molecular formula is C31H52O5. The number of ether oxygens (including phenoxy) is 3. The molecule has 0 radical (unpaired) electrons. The molecule has 1 aromatic carbocycles. The number of rotatable bonds is 23. The topological polar surface area (TPSA) is 61.8 Å². The molecule has 0 unspecified atom stereocenters. The van der Waals surface area contributed by atoms with Gasteiger partial charge in [-0.3, -0.25) is 9.59 Å². The van der Waals surface area contributed by atoms with Gasteiger partial charge in [0.15, 0.2) is 11.5 Å². The van der Waals surface area contributed by atoms with Crippen molar-refractivity contribution in [2.45, 2.75) is 143 Å². The van der Waals surface area contributed by atoms with E-state index in [-0.39, 0.29) is 23.4 Å². The van der Waals surface area contributed by atoms with Crippen LogP contribution in [0, 0.1) is 0 Å². The molecule has 0 N–H and O–H groups in total. The second-order valence-corrected chi connectivity index (χ2v) is 9.83. The van der Waals surface area contributed by atoms with E-state index in [1.54, 1.807) is 18.2 Å². The monoisotopic (exact) mass is 504 g/mol. The molecule has 5 heteroatoms. The van der Waals surface area contributed by atoms with Crippen LogP contribution in [-0.2, 0) is 9.59 Å². The lowest BCUT2D eigenvalue weighted by molar-refractivity contribution is -0.137. The predicted octanol–water partition coefficient (Wildman–Crippen LogP) is 9.35. The van der Waals surface area contributed by atoms with Gasteiger partial charge in [-0.05, 0) is 31.4 Å². The van der Waals surface area contributed by atoms with Gasteiger partial charge >= 0.3 is 11.9 Å². The molecular weight excluding hydrogens is 452 g/mol. The van der Waals surface area contributed by atoms with Crippen LogP contribution in [0.1, 0.15) is 143 Å². The number of carbonyl (C=O) groups is 2. The molecule has 0 spiro atoms. The van der Waals surface area contributed by atoms with Gasteiger partial charge in [0, 0.05) is 12.8 Å². The van der Waals surface area contributed by atoms with Crippen LogP contribution in [0.3, 0.4) is 0 Å². The lowest BCUT2D eigenvalue weighted by Crippen LogP contribution is -2.13. The Labute approximate surface area is 220 Å². The average Bonchev–Trinajstić information content (AvgIpc) is 2.87. The minimum absolute atomic E-state index is 0.235. The van der Waals surface area contributed by atoms with Gasteiger partial charge < -0.3 is 14.2 Å². The molecule has 0 atom stereocenters. The third kappa shape index (κ3) is 15.9. The highest BCUT2D eigenvalue weighted by molar-refractivity contribution is 5.77. The molecule has 0 bridgehead atoms. The van der Waals surface area contributed by atoms with E-state index in [9.17, 15) is 9.59 Å². The molecule has 0 heterocycles. The second-order valence-electron chi connectivity index (χ2n) is 9.83. The Kier molecular flexibility index (Phi) is 19.7. The summed E-state index contributed by atoms with van der Waals surface area (Å²) in [4.78, 5) is 25.1. The summed E-state index contributed by atoms with van der Waals surface area (Å²) in [6.07, 6.45) is 19.6. The maximum absolute atomic E-state index is 12.6. The molecule has 1 rings (SSSR count). The summed E-state index contributed by atoms with van der Waals surface area (Å²) in [7, 11) is 0. The summed E-state index contributed by atoms with van der Waals surface area (Å²) < 4.78 is 17.4. The van der Waals surface area contributed by atoms with Gasteiger partial charge in [0.05, 0.1) is 6.61 Å². The highest BCUT2D eigenvalue weighted by Gasteiger charge is 2.19. The summed E-state index contributed by atoms with van der Waals surface area (Å²) in [5, 5.41) is 0. The first kappa shape index (κ1) is 32.0. The molecule has 0 saturated carbocycles. The summed E-state index contributed by atoms with van der Waals surface area (Å²) in [6.45, 7) is 7.13. The third-order valence-electron chi connectivity index (χ3n) is 6.36. The molecule has 0 aliphatic rings. The van der Waals surface area contributed by atoms with Crippen molar-refractivity contribution in [3.05, 3.63) is 18.2 Å². The van der Waals surface area contributed by atoms with Crippen LogP contribution < -0.4 is 14.2 Å². The smallest absolute Gasteiger partial charge is 0.311 e. The first-order valence-electron chi connectivity index (χ1n) is 14.8. The average molecular weight is 505 g/mol. The SMILES string of the molecule is CCCCCCCCC(=O)Oc1cccc(OCCCCCCC)c1OC(=O)CCCCCCCC. The molecule has 1 aromatic rings. The molecule has 0 aliphatic heterocycles. The number of hydrogen-bond acceptors (Lipinski definition) is 5. The van der Waals surface area contributed by atoms with Crippen molar-refractivity contribution in [1.82, 2.24) is 0 Å². The van der Waals surface area contributed by atoms with Gasteiger partial charge in [0.25, 0.3) is 0 Å². The van der Waals surface area contributed by atoms with Crippen LogP contribution in [-0.4, -0.2) is 18.5 Å². The van der Waals surface area contributed by atoms with E-state index in [4.69, 9.17) is 14.2 Å². The molecule has 0 amide bonds. The van der Waals surface area contributed by atoms with E-state index in [0.29, 0.717) is 25.2 Å². The lowest BCUT2D eigenvalue weighted by atomic mass is 10.1. The summed E-state index contributed by atoms with van der Waals surface area (Å²) in [5.74, 6) is 0.365. The van der Waals surface area contributed by atoms with Crippen molar-refractivity contribution in [3.63, 3.8) is 0 Å². The third-order valence-corrected chi connectivity index (χ3v) is 6.36. The molecule has 0 aliphatic carbocycles. The van der Waals surface area contributed by atoms with Crippen molar-refractivity contribution in [2.75, 3.05) is 6.61 Å². The Morgan fingerprint density at radius 3 is 1.56 bits per heavy atom. The Morgan fingerprint density at radius 2 is 1.00 bits per heavy atom. The number of carbonyl (C=O) groups excluding carboxylic acids is 2. The number of para-hydroxylation sites is 1. The quantitative estimate of drug-likeness (QED) is 0.0844. The van der Waals surface area contributed by atoms with Crippen LogP contribution >= 0.6 is 0 Å². The van der Waals surface area contributed by atoms with Crippen LogP contribution in [0.2, 0.25) is 0 Å². The largest absolute Gasteiger partial charge is 0.490 e. The second kappa shape index (κ2) is 22.2. The zero-order chi connectivity index (χ0) is 26.3. The zero-order valence-electron chi connectivity index (χ0n) is 23.4. The van der Waals surface area contributed by atoms with E-state index in [1.165, 1.54) is 57.8 Å². The van der Waals surface area contributed by atoms with Crippen LogP contribution in [0.4, 0.5) is 0 Å². The fourth-order valence-corrected chi connectivity index (χ4v) is 4.12. The van der Waals surface area contributed by atoms with Gasteiger partial charge in [-0.2, -0.15) is 0 Å². The Morgan fingerprint density at radius 1 is 0.556 bits per heavy atom. The maximum atomic E-state index is 12.6. The Bertz CT molecular complexity index is 700. The molecule has 206 valence electrons. The van der Waals surface area contributed by atoms with Crippen LogP contribution in [0.25, 0.3) is 0 Å². The molecule has 36 heavy (non-hydrogen) atoms. The summed E-state index contributed by atoms with van der Waals surface area (Å²) >= 11 is 0.